The summed E-state index contributed by atoms with van der Waals surface area (Å²) in [6.07, 6.45) is 8.56. The molecule has 0 saturated heterocycles. The third-order valence-electron chi connectivity index (χ3n) is 2.93. The number of hydrogen-bond acceptors (Lipinski definition) is 2. The van der Waals surface area contributed by atoms with E-state index in [0.717, 1.165) is 30.3 Å². The molecule has 2 N–H and O–H groups in total. The molecule has 1 unspecified atom stereocenters. The molecule has 3 nitrogen and oxygen atoms in total. The van der Waals surface area contributed by atoms with Crippen molar-refractivity contribution in [3.63, 3.8) is 0 Å². The number of halogens is 1. The smallest absolute Gasteiger partial charge is 0.0781 e. The van der Waals surface area contributed by atoms with Gasteiger partial charge < -0.3 is 5.73 Å². The van der Waals surface area contributed by atoms with Crippen LogP contribution in [-0.2, 0) is 6.54 Å². The van der Waals surface area contributed by atoms with Gasteiger partial charge in [-0.1, -0.05) is 13.0 Å². The molecular weight excluding hydrogens is 266 g/mol. The lowest BCUT2D eigenvalue weighted by molar-refractivity contribution is 0.587. The third-order valence-corrected chi connectivity index (χ3v) is 3.51. The molecule has 0 saturated carbocycles. The normalized spacial score (nSPS) is 20.9. The fourth-order valence-electron chi connectivity index (χ4n) is 2.21. The average molecular weight is 284 g/mol. The van der Waals surface area contributed by atoms with Crippen molar-refractivity contribution < 1.29 is 0 Å². The highest BCUT2D eigenvalue weighted by Gasteiger charge is 2.17. The number of hydrogen-bond donors (Lipinski definition) is 1. The third kappa shape index (κ3) is 2.38. The minimum Gasteiger partial charge on any atom is -0.324 e. The van der Waals surface area contributed by atoms with E-state index in [0.29, 0.717) is 0 Å². The molecule has 0 aliphatic heterocycles. The highest BCUT2D eigenvalue weighted by atomic mass is 79.9. The van der Waals surface area contributed by atoms with Gasteiger partial charge >= 0.3 is 0 Å². The molecule has 0 spiro atoms. The molecule has 1 aliphatic rings. The maximum atomic E-state index is 5.98. The lowest BCUT2D eigenvalue weighted by Gasteiger charge is -2.19. The Morgan fingerprint density at radius 2 is 2.44 bits per heavy atom. The summed E-state index contributed by atoms with van der Waals surface area (Å²) in [5, 5.41) is 4.39. The van der Waals surface area contributed by atoms with Crippen LogP contribution >= 0.6 is 15.9 Å². The van der Waals surface area contributed by atoms with Crippen LogP contribution in [0.3, 0.4) is 0 Å². The summed E-state index contributed by atoms with van der Waals surface area (Å²) >= 11 is 3.58. The summed E-state index contributed by atoms with van der Waals surface area (Å²) in [7, 11) is 0. The van der Waals surface area contributed by atoms with Crippen molar-refractivity contribution in [3.8, 4) is 0 Å². The van der Waals surface area contributed by atoms with Crippen molar-refractivity contribution in [1.82, 2.24) is 9.78 Å². The number of rotatable bonds is 3. The molecule has 0 fully saturated rings. The minimum atomic E-state index is 0.209. The molecule has 1 heterocycles. The molecule has 2 rings (SSSR count). The number of aryl methyl sites for hydroxylation is 1. The number of allylic oxidation sites excluding steroid dienone is 1. The van der Waals surface area contributed by atoms with Gasteiger partial charge in [0, 0.05) is 12.6 Å². The van der Waals surface area contributed by atoms with Crippen LogP contribution in [0.25, 0.3) is 5.57 Å². The summed E-state index contributed by atoms with van der Waals surface area (Å²) in [6, 6.07) is 0.209. The summed E-state index contributed by atoms with van der Waals surface area (Å²) < 4.78 is 3.16. The van der Waals surface area contributed by atoms with Gasteiger partial charge in [0.15, 0.2) is 0 Å². The zero-order valence-electron chi connectivity index (χ0n) is 9.62. The van der Waals surface area contributed by atoms with Crippen LogP contribution in [0.4, 0.5) is 0 Å². The molecule has 0 radical (unpaired) electrons. The Hall–Kier alpha value is -0.610. The van der Waals surface area contributed by atoms with Crippen LogP contribution in [0.15, 0.2) is 16.7 Å². The summed E-state index contributed by atoms with van der Waals surface area (Å²) in [4.78, 5) is 0. The van der Waals surface area contributed by atoms with Crippen LogP contribution < -0.4 is 5.73 Å². The fraction of sp³-hybridized carbons (Fsp3) is 0.583. The molecule has 0 amide bonds. The van der Waals surface area contributed by atoms with Crippen LogP contribution in [0.1, 0.15) is 38.3 Å². The Balaban J connectivity index is 2.34. The van der Waals surface area contributed by atoms with Crippen molar-refractivity contribution in [2.24, 2.45) is 5.73 Å². The van der Waals surface area contributed by atoms with Gasteiger partial charge in [0.25, 0.3) is 0 Å². The zero-order chi connectivity index (χ0) is 11.5. The van der Waals surface area contributed by atoms with Gasteiger partial charge in [-0.05, 0) is 47.2 Å². The fourth-order valence-corrected chi connectivity index (χ4v) is 2.76. The molecule has 0 aromatic carbocycles. The summed E-state index contributed by atoms with van der Waals surface area (Å²) in [5.74, 6) is 0. The molecule has 1 aromatic heterocycles. The molecule has 16 heavy (non-hydrogen) atoms. The Kier molecular flexibility index (Phi) is 3.82. The van der Waals surface area contributed by atoms with E-state index in [1.807, 2.05) is 6.20 Å². The summed E-state index contributed by atoms with van der Waals surface area (Å²) in [5.41, 5.74) is 8.55. The van der Waals surface area contributed by atoms with Gasteiger partial charge in [0.1, 0.15) is 0 Å². The molecule has 1 atom stereocenters. The van der Waals surface area contributed by atoms with E-state index >= 15 is 0 Å². The first kappa shape index (κ1) is 11.9. The topological polar surface area (TPSA) is 43.8 Å². The minimum absolute atomic E-state index is 0.209. The lowest BCUT2D eigenvalue weighted by Crippen LogP contribution is -2.20. The largest absolute Gasteiger partial charge is 0.324 e. The molecule has 0 bridgehead atoms. The first-order valence-electron chi connectivity index (χ1n) is 5.90. The van der Waals surface area contributed by atoms with E-state index < -0.39 is 0 Å². The Morgan fingerprint density at radius 1 is 1.62 bits per heavy atom. The van der Waals surface area contributed by atoms with Gasteiger partial charge in [-0.2, -0.15) is 5.10 Å². The van der Waals surface area contributed by atoms with Crippen molar-refractivity contribution >= 4 is 21.5 Å². The Labute approximate surface area is 105 Å². The van der Waals surface area contributed by atoms with E-state index in [2.05, 4.69) is 38.7 Å². The van der Waals surface area contributed by atoms with E-state index in [1.165, 1.54) is 17.7 Å². The highest BCUT2D eigenvalue weighted by molar-refractivity contribution is 9.10. The molecule has 1 aromatic rings. The number of nitrogens with zero attached hydrogens (tertiary/aromatic N) is 2. The first-order valence-corrected chi connectivity index (χ1v) is 6.69. The zero-order valence-corrected chi connectivity index (χ0v) is 11.2. The predicted molar refractivity (Wildman–Crippen MR) is 70.0 cm³/mol. The van der Waals surface area contributed by atoms with Gasteiger partial charge in [-0.15, -0.1) is 0 Å². The van der Waals surface area contributed by atoms with Crippen molar-refractivity contribution in [3.05, 3.63) is 22.4 Å². The van der Waals surface area contributed by atoms with E-state index in [-0.39, 0.29) is 6.04 Å². The van der Waals surface area contributed by atoms with Crippen LogP contribution in [0.2, 0.25) is 0 Å². The molecule has 1 aliphatic carbocycles. The summed E-state index contributed by atoms with van der Waals surface area (Å²) in [6.45, 7) is 3.13. The average Bonchev–Trinajstić information content (AvgIpc) is 2.60. The van der Waals surface area contributed by atoms with Gasteiger partial charge in [-0.3, -0.25) is 4.68 Å². The lowest BCUT2D eigenvalue weighted by atomic mass is 9.94. The second-order valence-corrected chi connectivity index (χ2v) is 5.17. The van der Waals surface area contributed by atoms with Crippen molar-refractivity contribution in [1.29, 1.82) is 0 Å². The number of nitrogens with two attached hydrogens (primary N) is 1. The van der Waals surface area contributed by atoms with Crippen LogP contribution in [0, 0.1) is 0 Å². The SMILES string of the molecule is CCCn1ncc(Br)c1C1=CC(N)CCC1. The quantitative estimate of drug-likeness (QED) is 0.927. The van der Waals surface area contributed by atoms with E-state index in [9.17, 15) is 0 Å². The maximum absolute atomic E-state index is 5.98. The van der Waals surface area contributed by atoms with Crippen LogP contribution in [-0.4, -0.2) is 15.8 Å². The Bertz CT molecular complexity index is 395. The predicted octanol–water partition coefficient (Wildman–Crippen LogP) is 2.95. The van der Waals surface area contributed by atoms with Crippen LogP contribution in [0.5, 0.6) is 0 Å². The molecule has 4 heteroatoms. The Morgan fingerprint density at radius 3 is 3.12 bits per heavy atom. The highest BCUT2D eigenvalue weighted by Crippen LogP contribution is 2.31. The standard InChI is InChI=1S/C12H18BrN3/c1-2-6-16-12(11(13)8-15-16)9-4-3-5-10(14)7-9/h7-8,10H,2-6,14H2,1H3. The van der Waals surface area contributed by atoms with Gasteiger partial charge in [0.05, 0.1) is 16.4 Å². The van der Waals surface area contributed by atoms with Crippen molar-refractivity contribution in [2.45, 2.75) is 45.2 Å². The van der Waals surface area contributed by atoms with Gasteiger partial charge in [-0.25, -0.2) is 0 Å². The van der Waals surface area contributed by atoms with Gasteiger partial charge in [0.2, 0.25) is 0 Å². The second-order valence-electron chi connectivity index (χ2n) is 4.31. The maximum Gasteiger partial charge on any atom is 0.0781 e. The second kappa shape index (κ2) is 5.15. The molecular formula is C12H18BrN3. The number of aromatic nitrogens is 2. The van der Waals surface area contributed by atoms with E-state index in [4.69, 9.17) is 5.73 Å². The van der Waals surface area contributed by atoms with E-state index in [1.54, 1.807) is 0 Å². The first-order chi connectivity index (χ1) is 7.72. The van der Waals surface area contributed by atoms with Crippen molar-refractivity contribution in [2.75, 3.05) is 0 Å². The monoisotopic (exact) mass is 283 g/mol. The molecule has 88 valence electrons.